The van der Waals surface area contributed by atoms with E-state index < -0.39 is 10.0 Å². The maximum atomic E-state index is 13.1. The second-order valence-electron chi connectivity index (χ2n) is 6.27. The van der Waals surface area contributed by atoms with E-state index in [0.29, 0.717) is 29.4 Å². The minimum Gasteiger partial charge on any atom is -0.495 e. The molecular weight excluding hydrogens is 418 g/mol. The van der Waals surface area contributed by atoms with Crippen molar-refractivity contribution in [2.24, 2.45) is 0 Å². The Bertz CT molecular complexity index is 1130. The number of hydrogen-bond donors (Lipinski definition) is 0. The smallest absolute Gasteiger partial charge is 0.249 e. The van der Waals surface area contributed by atoms with Gasteiger partial charge in [0.05, 0.1) is 30.9 Å². The van der Waals surface area contributed by atoms with Crippen molar-refractivity contribution in [3.63, 3.8) is 0 Å². The number of hydrogen-bond acceptors (Lipinski definition) is 7. The molecule has 0 amide bonds. The first-order valence-electron chi connectivity index (χ1n) is 8.85. The molecule has 10 heteroatoms. The fourth-order valence-corrected chi connectivity index (χ4v) is 4.83. The highest BCUT2D eigenvalue weighted by molar-refractivity contribution is 7.89. The monoisotopic (exact) mass is 435 g/mol. The first kappa shape index (κ1) is 19.8. The molecule has 0 atom stereocenters. The van der Waals surface area contributed by atoms with Crippen LogP contribution in [0, 0.1) is 0 Å². The molecule has 0 unspecified atom stereocenters. The van der Waals surface area contributed by atoms with Gasteiger partial charge in [-0.1, -0.05) is 23.7 Å². The molecule has 1 saturated heterocycles. The lowest BCUT2D eigenvalue weighted by molar-refractivity contribution is 0.0729. The maximum Gasteiger partial charge on any atom is 0.249 e. The van der Waals surface area contributed by atoms with E-state index in [1.807, 2.05) is 6.07 Å². The molecule has 1 aliphatic heterocycles. The van der Waals surface area contributed by atoms with E-state index in [0.717, 1.165) is 0 Å². The lowest BCUT2D eigenvalue weighted by Crippen LogP contribution is -2.40. The van der Waals surface area contributed by atoms with Crippen LogP contribution in [0.2, 0.25) is 5.02 Å². The second kappa shape index (κ2) is 8.11. The molecule has 0 aliphatic carbocycles. The van der Waals surface area contributed by atoms with Gasteiger partial charge in [-0.2, -0.15) is 4.31 Å². The number of benzene rings is 2. The zero-order valence-electron chi connectivity index (χ0n) is 15.5. The van der Waals surface area contributed by atoms with Crippen molar-refractivity contribution in [1.82, 2.24) is 14.5 Å². The molecular formula is C19H18ClN3O5S. The van der Waals surface area contributed by atoms with Gasteiger partial charge in [0, 0.05) is 18.7 Å². The number of halogens is 1. The van der Waals surface area contributed by atoms with Crippen LogP contribution in [0.5, 0.6) is 5.75 Å². The Hall–Kier alpha value is -2.46. The van der Waals surface area contributed by atoms with E-state index in [9.17, 15) is 8.42 Å². The van der Waals surface area contributed by atoms with Crippen LogP contribution < -0.4 is 4.74 Å². The zero-order chi connectivity index (χ0) is 20.4. The van der Waals surface area contributed by atoms with Gasteiger partial charge in [-0.25, -0.2) is 8.42 Å². The molecule has 0 radical (unpaired) electrons. The van der Waals surface area contributed by atoms with Gasteiger partial charge < -0.3 is 13.9 Å². The quantitative estimate of drug-likeness (QED) is 0.607. The molecule has 3 aromatic rings. The summed E-state index contributed by atoms with van der Waals surface area (Å²) < 4.78 is 43.9. The van der Waals surface area contributed by atoms with Crippen molar-refractivity contribution >= 4 is 21.6 Å². The van der Waals surface area contributed by atoms with Gasteiger partial charge in [-0.3, -0.25) is 0 Å². The Morgan fingerprint density at radius 2 is 1.79 bits per heavy atom. The van der Waals surface area contributed by atoms with Crippen LogP contribution in [0.25, 0.3) is 22.9 Å². The number of rotatable bonds is 5. The zero-order valence-corrected chi connectivity index (χ0v) is 17.1. The Labute approximate surface area is 173 Å². The summed E-state index contributed by atoms with van der Waals surface area (Å²) in [5.74, 6) is 0.672. The summed E-state index contributed by atoms with van der Waals surface area (Å²) >= 11 is 6.19. The van der Waals surface area contributed by atoms with Crippen molar-refractivity contribution in [1.29, 1.82) is 0 Å². The maximum absolute atomic E-state index is 13.1. The normalized spacial score (nSPS) is 15.4. The number of methoxy groups -OCH3 is 1. The lowest BCUT2D eigenvalue weighted by Gasteiger charge is -2.26. The molecule has 2 aromatic carbocycles. The molecule has 29 heavy (non-hydrogen) atoms. The Morgan fingerprint density at radius 3 is 2.52 bits per heavy atom. The molecule has 0 bridgehead atoms. The van der Waals surface area contributed by atoms with Crippen molar-refractivity contribution in [3.8, 4) is 28.7 Å². The van der Waals surface area contributed by atoms with E-state index in [1.54, 1.807) is 30.3 Å². The van der Waals surface area contributed by atoms with Crippen LogP contribution in [0.3, 0.4) is 0 Å². The van der Waals surface area contributed by atoms with Gasteiger partial charge in [-0.15, -0.1) is 10.2 Å². The lowest BCUT2D eigenvalue weighted by atomic mass is 10.2. The third-order valence-electron chi connectivity index (χ3n) is 4.53. The molecule has 8 nitrogen and oxygen atoms in total. The molecule has 1 aromatic heterocycles. The number of sulfonamides is 1. The third-order valence-corrected chi connectivity index (χ3v) is 6.78. The summed E-state index contributed by atoms with van der Waals surface area (Å²) in [4.78, 5) is 0.0388. The number of morpholine rings is 1. The minimum absolute atomic E-state index is 0.0388. The van der Waals surface area contributed by atoms with Crippen LogP contribution in [-0.4, -0.2) is 56.3 Å². The van der Waals surface area contributed by atoms with Crippen molar-refractivity contribution in [2.45, 2.75) is 4.90 Å². The van der Waals surface area contributed by atoms with Gasteiger partial charge in [0.1, 0.15) is 10.6 Å². The number of ether oxygens (including phenoxy) is 2. The first-order chi connectivity index (χ1) is 14.0. The summed E-state index contributed by atoms with van der Waals surface area (Å²) in [6, 6.07) is 11.8. The van der Waals surface area contributed by atoms with Crippen LogP contribution in [0.4, 0.5) is 0 Å². The fraction of sp³-hybridized carbons (Fsp3) is 0.263. The molecule has 152 valence electrons. The average Bonchev–Trinajstić information content (AvgIpc) is 3.24. The van der Waals surface area contributed by atoms with Crippen LogP contribution in [-0.2, 0) is 14.8 Å². The SMILES string of the molecule is COc1ccc(-c2nnc(-c3ccccc3Cl)o2)cc1S(=O)(=O)N1CCOCC1. The van der Waals surface area contributed by atoms with Crippen molar-refractivity contribution in [3.05, 3.63) is 47.5 Å². The summed E-state index contributed by atoms with van der Waals surface area (Å²) in [6.07, 6.45) is 0. The molecule has 1 aliphatic rings. The third kappa shape index (κ3) is 3.86. The fourth-order valence-electron chi connectivity index (χ4n) is 3.02. The Kier molecular flexibility index (Phi) is 5.55. The van der Waals surface area contributed by atoms with E-state index in [1.165, 1.54) is 17.5 Å². The van der Waals surface area contributed by atoms with Crippen LogP contribution in [0.1, 0.15) is 0 Å². The molecule has 0 saturated carbocycles. The molecule has 0 N–H and O–H groups in total. The topological polar surface area (TPSA) is 94.8 Å². The molecule has 2 heterocycles. The highest BCUT2D eigenvalue weighted by atomic mass is 35.5. The van der Waals surface area contributed by atoms with Crippen LogP contribution in [0.15, 0.2) is 51.8 Å². The van der Waals surface area contributed by atoms with Crippen LogP contribution >= 0.6 is 11.6 Å². The Morgan fingerprint density at radius 1 is 1.07 bits per heavy atom. The van der Waals surface area contributed by atoms with E-state index in [4.69, 9.17) is 25.5 Å². The van der Waals surface area contributed by atoms with E-state index >= 15 is 0 Å². The van der Waals surface area contributed by atoms with Crippen molar-refractivity contribution < 1.29 is 22.3 Å². The largest absolute Gasteiger partial charge is 0.495 e. The molecule has 4 rings (SSSR count). The predicted molar refractivity (Wildman–Crippen MR) is 106 cm³/mol. The minimum atomic E-state index is -3.77. The number of aromatic nitrogens is 2. The van der Waals surface area contributed by atoms with Gasteiger partial charge in [0.15, 0.2) is 0 Å². The second-order valence-corrected chi connectivity index (χ2v) is 8.59. The highest BCUT2D eigenvalue weighted by Crippen LogP contribution is 2.33. The molecule has 1 fully saturated rings. The van der Waals surface area contributed by atoms with E-state index in [-0.39, 0.29) is 35.5 Å². The highest BCUT2D eigenvalue weighted by Gasteiger charge is 2.30. The average molecular weight is 436 g/mol. The summed E-state index contributed by atoms with van der Waals surface area (Å²) in [7, 11) is -2.34. The number of nitrogens with zero attached hydrogens (tertiary/aromatic N) is 3. The molecule has 0 spiro atoms. The van der Waals surface area contributed by atoms with Gasteiger partial charge in [0.2, 0.25) is 21.8 Å². The van der Waals surface area contributed by atoms with Crippen molar-refractivity contribution in [2.75, 3.05) is 33.4 Å². The predicted octanol–water partition coefficient (Wildman–Crippen LogP) is 3.09. The van der Waals surface area contributed by atoms with Gasteiger partial charge >= 0.3 is 0 Å². The Balaban J connectivity index is 1.73. The standard InChI is InChI=1S/C19H18ClN3O5S/c1-26-16-7-6-13(12-17(16)29(24,25)23-8-10-27-11-9-23)18-21-22-19(28-18)14-4-2-3-5-15(14)20/h2-7,12H,8-11H2,1H3. The first-order valence-corrected chi connectivity index (χ1v) is 10.7. The summed E-state index contributed by atoms with van der Waals surface area (Å²) in [6.45, 7) is 1.28. The van der Waals surface area contributed by atoms with Gasteiger partial charge in [0.25, 0.3) is 0 Å². The van der Waals surface area contributed by atoms with E-state index in [2.05, 4.69) is 10.2 Å². The summed E-state index contributed by atoms with van der Waals surface area (Å²) in [5, 5.41) is 8.57. The summed E-state index contributed by atoms with van der Waals surface area (Å²) in [5.41, 5.74) is 1.06. The van der Waals surface area contributed by atoms with Gasteiger partial charge in [-0.05, 0) is 30.3 Å².